The Morgan fingerprint density at radius 2 is 1.33 bits per heavy atom. The molecule has 2 atom stereocenters. The quantitative estimate of drug-likeness (QED) is 0.715. The van der Waals surface area contributed by atoms with Gasteiger partial charge in [-0.3, -0.25) is 19.6 Å². The standard InChI is InChI=1S/C22H32N8/c1-2-4-20-19(3-1)21(23-13-17-15-27-5-9-29(17)10-6-27)26-22(25-20)24-14-18-16-28-7-11-30(18)12-8-28/h1-4,17-18H,5-16H2,(H2,23,24,25,26). The van der Waals surface area contributed by atoms with Crippen LogP contribution < -0.4 is 10.6 Å². The van der Waals surface area contributed by atoms with Crippen LogP contribution >= 0.6 is 0 Å². The number of rotatable bonds is 6. The zero-order valence-corrected chi connectivity index (χ0v) is 17.6. The van der Waals surface area contributed by atoms with Crippen molar-refractivity contribution in [1.82, 2.24) is 29.6 Å². The van der Waals surface area contributed by atoms with Crippen molar-refractivity contribution >= 4 is 22.7 Å². The third kappa shape index (κ3) is 3.62. The van der Waals surface area contributed by atoms with E-state index in [1.165, 1.54) is 52.4 Å². The third-order valence-corrected chi connectivity index (χ3v) is 7.39. The molecule has 4 bridgehead atoms. The topological polar surface area (TPSA) is 62.8 Å². The van der Waals surface area contributed by atoms with Crippen LogP contribution in [0.5, 0.6) is 0 Å². The van der Waals surface area contributed by atoms with Crippen LogP contribution in [0.15, 0.2) is 24.3 Å². The van der Waals surface area contributed by atoms with Crippen molar-refractivity contribution in [2.24, 2.45) is 0 Å². The van der Waals surface area contributed by atoms with E-state index in [9.17, 15) is 0 Å². The Labute approximate surface area is 178 Å². The van der Waals surface area contributed by atoms with Crippen molar-refractivity contribution in [2.75, 3.05) is 89.2 Å². The van der Waals surface area contributed by atoms with Crippen LogP contribution in [0.25, 0.3) is 10.9 Å². The number of anilines is 2. The van der Waals surface area contributed by atoms with Gasteiger partial charge in [0.1, 0.15) is 5.82 Å². The summed E-state index contributed by atoms with van der Waals surface area (Å²) >= 11 is 0. The number of para-hydroxylation sites is 1. The first-order valence-electron chi connectivity index (χ1n) is 11.5. The number of nitrogens with zero attached hydrogens (tertiary/aromatic N) is 6. The van der Waals surface area contributed by atoms with Gasteiger partial charge in [-0.2, -0.15) is 4.98 Å². The normalized spacial score (nSPS) is 34.9. The minimum Gasteiger partial charge on any atom is -0.368 e. The average Bonchev–Trinajstić information content (AvgIpc) is 2.83. The fourth-order valence-electron chi connectivity index (χ4n) is 5.55. The number of piperazine rings is 6. The average molecular weight is 409 g/mol. The summed E-state index contributed by atoms with van der Waals surface area (Å²) in [6.07, 6.45) is 0. The summed E-state index contributed by atoms with van der Waals surface area (Å²) in [5.74, 6) is 1.69. The molecule has 7 heterocycles. The van der Waals surface area contributed by atoms with Crippen LogP contribution in [0.4, 0.5) is 11.8 Å². The molecule has 2 unspecified atom stereocenters. The molecular formula is C22H32N8. The Bertz CT molecular complexity index is 888. The summed E-state index contributed by atoms with van der Waals surface area (Å²) in [6, 6.07) is 9.46. The first-order chi connectivity index (χ1) is 14.8. The van der Waals surface area contributed by atoms with Gasteiger partial charge in [-0.05, 0) is 12.1 Å². The van der Waals surface area contributed by atoms with Crippen LogP contribution in [0.3, 0.4) is 0 Å². The molecule has 1 aromatic carbocycles. The van der Waals surface area contributed by atoms with Crippen LogP contribution in [0.2, 0.25) is 0 Å². The fraction of sp³-hybridized carbons (Fsp3) is 0.636. The molecular weight excluding hydrogens is 376 g/mol. The number of aromatic nitrogens is 2. The van der Waals surface area contributed by atoms with Crippen molar-refractivity contribution in [3.63, 3.8) is 0 Å². The molecule has 8 nitrogen and oxygen atoms in total. The number of nitrogens with one attached hydrogen (secondary N) is 2. The van der Waals surface area contributed by atoms with Gasteiger partial charge in [-0.1, -0.05) is 12.1 Å². The van der Waals surface area contributed by atoms with Gasteiger partial charge in [0.05, 0.1) is 5.52 Å². The maximum atomic E-state index is 4.90. The highest BCUT2D eigenvalue weighted by atomic mass is 15.4. The number of benzene rings is 1. The molecule has 0 spiro atoms. The smallest absolute Gasteiger partial charge is 0.225 e. The van der Waals surface area contributed by atoms with Crippen molar-refractivity contribution in [2.45, 2.75) is 12.1 Å². The van der Waals surface area contributed by atoms with Crippen molar-refractivity contribution in [1.29, 1.82) is 0 Å². The molecule has 0 amide bonds. The second-order valence-electron chi connectivity index (χ2n) is 9.16. The Balaban J connectivity index is 1.17. The van der Waals surface area contributed by atoms with Crippen LogP contribution in [-0.4, -0.2) is 120 Å². The largest absolute Gasteiger partial charge is 0.368 e. The fourth-order valence-corrected chi connectivity index (χ4v) is 5.55. The molecule has 30 heavy (non-hydrogen) atoms. The SMILES string of the molecule is c1ccc2c(NCC3CN4CCN3CC4)nc(NCC3CN4CCN3CC4)nc2c1. The van der Waals surface area contributed by atoms with E-state index in [0.717, 1.165) is 48.8 Å². The number of fused-ring (bicyclic) bond motifs is 7. The zero-order chi connectivity index (χ0) is 19.9. The maximum absolute atomic E-state index is 4.90. The Hall–Kier alpha value is -2.00. The minimum atomic E-state index is 0.554. The molecule has 6 fully saturated rings. The summed E-state index contributed by atoms with van der Waals surface area (Å²) in [5.41, 5.74) is 1.00. The molecule has 8 rings (SSSR count). The van der Waals surface area contributed by atoms with E-state index in [1.54, 1.807) is 0 Å². The van der Waals surface area contributed by atoms with Gasteiger partial charge >= 0.3 is 0 Å². The maximum Gasteiger partial charge on any atom is 0.225 e. The minimum absolute atomic E-state index is 0.554. The summed E-state index contributed by atoms with van der Waals surface area (Å²) in [6.45, 7) is 13.8. The Morgan fingerprint density at radius 1 is 0.733 bits per heavy atom. The Morgan fingerprint density at radius 3 is 1.93 bits per heavy atom. The highest BCUT2D eigenvalue weighted by Crippen LogP contribution is 2.24. The number of hydrogen-bond donors (Lipinski definition) is 2. The molecule has 0 aliphatic carbocycles. The molecule has 2 N–H and O–H groups in total. The molecule has 0 saturated carbocycles. The van der Waals surface area contributed by atoms with E-state index in [0.29, 0.717) is 12.1 Å². The molecule has 2 aromatic rings. The highest BCUT2D eigenvalue weighted by molar-refractivity contribution is 5.90. The van der Waals surface area contributed by atoms with E-state index in [4.69, 9.17) is 9.97 Å². The summed E-state index contributed by atoms with van der Waals surface area (Å²) < 4.78 is 0. The van der Waals surface area contributed by atoms with Gasteiger partial charge in [0, 0.05) is 96.0 Å². The predicted molar refractivity (Wildman–Crippen MR) is 120 cm³/mol. The molecule has 6 aliphatic heterocycles. The first-order valence-corrected chi connectivity index (χ1v) is 11.5. The lowest BCUT2D eigenvalue weighted by atomic mass is 10.1. The molecule has 1 aromatic heterocycles. The van der Waals surface area contributed by atoms with Gasteiger partial charge in [-0.15, -0.1) is 0 Å². The predicted octanol–water partition coefficient (Wildman–Crippen LogP) is 0.453. The van der Waals surface area contributed by atoms with E-state index in [2.05, 4.69) is 54.5 Å². The number of hydrogen-bond acceptors (Lipinski definition) is 8. The van der Waals surface area contributed by atoms with Gasteiger partial charge in [0.2, 0.25) is 5.95 Å². The molecule has 0 radical (unpaired) electrons. The van der Waals surface area contributed by atoms with Crippen LogP contribution in [-0.2, 0) is 0 Å². The van der Waals surface area contributed by atoms with Crippen molar-refractivity contribution in [3.8, 4) is 0 Å². The summed E-state index contributed by atoms with van der Waals surface area (Å²) in [5, 5.41) is 8.32. The van der Waals surface area contributed by atoms with Crippen molar-refractivity contribution < 1.29 is 0 Å². The van der Waals surface area contributed by atoms with Crippen LogP contribution in [0, 0.1) is 0 Å². The highest BCUT2D eigenvalue weighted by Gasteiger charge is 2.32. The lowest BCUT2D eigenvalue weighted by molar-refractivity contribution is 0.0188. The van der Waals surface area contributed by atoms with E-state index in [-0.39, 0.29) is 0 Å². The van der Waals surface area contributed by atoms with Crippen LogP contribution in [0.1, 0.15) is 0 Å². The second-order valence-corrected chi connectivity index (χ2v) is 9.16. The molecule has 6 aliphatic rings. The van der Waals surface area contributed by atoms with Gasteiger partial charge in [-0.25, -0.2) is 4.98 Å². The van der Waals surface area contributed by atoms with E-state index >= 15 is 0 Å². The first kappa shape index (κ1) is 18.7. The molecule has 6 saturated heterocycles. The molecule has 160 valence electrons. The van der Waals surface area contributed by atoms with Gasteiger partial charge in [0.15, 0.2) is 0 Å². The van der Waals surface area contributed by atoms with Crippen molar-refractivity contribution in [3.05, 3.63) is 24.3 Å². The lowest BCUT2D eigenvalue weighted by Gasteiger charge is -2.47. The van der Waals surface area contributed by atoms with Gasteiger partial charge < -0.3 is 10.6 Å². The second kappa shape index (κ2) is 7.92. The molecule has 8 heteroatoms. The van der Waals surface area contributed by atoms with E-state index in [1.807, 2.05) is 0 Å². The Kier molecular flexibility index (Phi) is 4.95. The lowest BCUT2D eigenvalue weighted by Crippen LogP contribution is -2.62. The van der Waals surface area contributed by atoms with Gasteiger partial charge in [0.25, 0.3) is 0 Å². The third-order valence-electron chi connectivity index (χ3n) is 7.39. The summed E-state index contributed by atoms with van der Waals surface area (Å²) in [7, 11) is 0. The summed E-state index contributed by atoms with van der Waals surface area (Å²) in [4.78, 5) is 20.1. The monoisotopic (exact) mass is 408 g/mol. The zero-order valence-electron chi connectivity index (χ0n) is 17.6. The van der Waals surface area contributed by atoms with E-state index < -0.39 is 0 Å².